The molecular formula is C16H17N3O2. The van der Waals surface area contributed by atoms with Gasteiger partial charge in [0.25, 0.3) is 0 Å². The molecular weight excluding hydrogens is 266 g/mol. The van der Waals surface area contributed by atoms with Crippen LogP contribution in [0.5, 0.6) is 5.75 Å². The van der Waals surface area contributed by atoms with Crippen LogP contribution in [0.4, 0.5) is 0 Å². The topological polar surface area (TPSA) is 66.2 Å². The molecule has 4 rings (SSSR count). The number of likely N-dealkylation sites (tertiary alicyclic amines) is 1. The maximum atomic E-state index is 12.9. The Balaban J connectivity index is 1.72. The van der Waals surface area contributed by atoms with E-state index in [0.29, 0.717) is 17.9 Å². The zero-order valence-electron chi connectivity index (χ0n) is 12.0. The van der Waals surface area contributed by atoms with Gasteiger partial charge in [0.05, 0.1) is 12.6 Å². The van der Waals surface area contributed by atoms with Crippen molar-refractivity contribution in [2.45, 2.75) is 44.8 Å². The summed E-state index contributed by atoms with van der Waals surface area (Å²) in [7, 11) is 0. The molecule has 0 spiro atoms. The largest absolute Gasteiger partial charge is 0.487 e. The van der Waals surface area contributed by atoms with Crippen LogP contribution in [0.15, 0.2) is 12.4 Å². The van der Waals surface area contributed by atoms with Crippen LogP contribution in [-0.4, -0.2) is 28.4 Å². The highest BCUT2D eigenvalue weighted by Gasteiger charge is 2.54. The first-order chi connectivity index (χ1) is 10.2. The molecule has 1 aromatic heterocycles. The number of amides is 1. The zero-order chi connectivity index (χ0) is 14.6. The second-order valence-corrected chi connectivity index (χ2v) is 6.30. The predicted octanol–water partition coefficient (Wildman–Crippen LogP) is 2.18. The Morgan fingerprint density at radius 3 is 3.05 bits per heavy atom. The molecule has 2 bridgehead atoms. The van der Waals surface area contributed by atoms with Gasteiger partial charge in [-0.3, -0.25) is 9.78 Å². The molecule has 3 heterocycles. The van der Waals surface area contributed by atoms with E-state index in [1.54, 1.807) is 6.20 Å². The number of aromatic nitrogens is 1. The molecule has 5 nitrogen and oxygen atoms in total. The average molecular weight is 283 g/mol. The van der Waals surface area contributed by atoms with Crippen molar-refractivity contribution < 1.29 is 9.53 Å². The van der Waals surface area contributed by atoms with Crippen molar-refractivity contribution in [2.24, 2.45) is 5.41 Å². The van der Waals surface area contributed by atoms with Crippen molar-refractivity contribution in [1.29, 1.82) is 5.26 Å². The molecule has 21 heavy (non-hydrogen) atoms. The van der Waals surface area contributed by atoms with Crippen molar-refractivity contribution in [3.63, 3.8) is 0 Å². The fourth-order valence-corrected chi connectivity index (χ4v) is 3.66. The highest BCUT2D eigenvalue weighted by molar-refractivity contribution is 5.86. The molecule has 2 aliphatic heterocycles. The van der Waals surface area contributed by atoms with E-state index in [0.717, 1.165) is 31.2 Å². The zero-order valence-corrected chi connectivity index (χ0v) is 12.0. The number of ether oxygens (including phenoxy) is 1. The number of fused-ring (bicyclic) bond motifs is 4. The van der Waals surface area contributed by atoms with Crippen molar-refractivity contribution in [1.82, 2.24) is 9.88 Å². The van der Waals surface area contributed by atoms with Crippen LogP contribution >= 0.6 is 0 Å². The maximum absolute atomic E-state index is 12.9. The van der Waals surface area contributed by atoms with Crippen LogP contribution in [0.2, 0.25) is 0 Å². The van der Waals surface area contributed by atoms with Crippen molar-refractivity contribution in [3.05, 3.63) is 23.5 Å². The number of nitrogens with zero attached hydrogens (tertiary/aromatic N) is 3. The van der Waals surface area contributed by atoms with Gasteiger partial charge < -0.3 is 9.64 Å². The Kier molecular flexibility index (Phi) is 2.53. The van der Waals surface area contributed by atoms with E-state index < -0.39 is 0 Å². The molecule has 108 valence electrons. The van der Waals surface area contributed by atoms with Crippen molar-refractivity contribution >= 4 is 5.91 Å². The van der Waals surface area contributed by atoms with E-state index in [2.05, 4.69) is 18.0 Å². The Morgan fingerprint density at radius 1 is 1.57 bits per heavy atom. The van der Waals surface area contributed by atoms with Crippen LogP contribution in [-0.2, 0) is 4.79 Å². The maximum Gasteiger partial charge on any atom is 0.229 e. The van der Waals surface area contributed by atoms with Gasteiger partial charge in [-0.25, -0.2) is 0 Å². The normalized spacial score (nSPS) is 27.5. The molecule has 1 aliphatic carbocycles. The third-order valence-electron chi connectivity index (χ3n) is 5.20. The Morgan fingerprint density at radius 2 is 2.38 bits per heavy atom. The van der Waals surface area contributed by atoms with Crippen LogP contribution in [0.1, 0.15) is 49.8 Å². The first-order valence-electron chi connectivity index (χ1n) is 7.54. The number of hydrogen-bond acceptors (Lipinski definition) is 4. The fourth-order valence-electron chi connectivity index (χ4n) is 3.66. The quantitative estimate of drug-likeness (QED) is 0.834. The van der Waals surface area contributed by atoms with E-state index in [4.69, 9.17) is 4.74 Å². The Hall–Kier alpha value is -2.09. The molecule has 0 radical (unpaired) electrons. The highest BCUT2D eigenvalue weighted by Crippen LogP contribution is 2.53. The summed E-state index contributed by atoms with van der Waals surface area (Å²) in [6.45, 7) is 2.72. The van der Waals surface area contributed by atoms with E-state index >= 15 is 0 Å². The predicted molar refractivity (Wildman–Crippen MR) is 74.4 cm³/mol. The first-order valence-corrected chi connectivity index (χ1v) is 7.54. The summed E-state index contributed by atoms with van der Waals surface area (Å²) in [5.41, 5.74) is 1.23. The van der Waals surface area contributed by atoms with Gasteiger partial charge in [-0.15, -0.1) is 0 Å². The molecule has 1 saturated carbocycles. The fraction of sp³-hybridized carbons (Fsp3) is 0.562. The number of hydrogen-bond donors (Lipinski definition) is 0. The molecule has 1 saturated heterocycles. The van der Waals surface area contributed by atoms with Crippen LogP contribution in [0.3, 0.4) is 0 Å². The molecule has 2 fully saturated rings. The number of carbonyl (C=O) groups excluding carboxylic acids is 1. The molecule has 2 atom stereocenters. The van der Waals surface area contributed by atoms with Gasteiger partial charge in [0.2, 0.25) is 5.91 Å². The van der Waals surface area contributed by atoms with E-state index in [9.17, 15) is 10.1 Å². The molecule has 0 unspecified atom stereocenters. The van der Waals surface area contributed by atoms with E-state index in [-0.39, 0.29) is 23.5 Å². The van der Waals surface area contributed by atoms with Gasteiger partial charge in [0.1, 0.15) is 23.5 Å². The van der Waals surface area contributed by atoms with Gasteiger partial charge in [-0.1, -0.05) is 6.92 Å². The second-order valence-electron chi connectivity index (χ2n) is 6.30. The number of rotatable bonds is 2. The summed E-state index contributed by atoms with van der Waals surface area (Å²) >= 11 is 0. The molecule has 0 N–H and O–H groups in total. The number of nitriles is 1. The van der Waals surface area contributed by atoms with E-state index in [1.807, 2.05) is 4.90 Å². The highest BCUT2D eigenvalue weighted by atomic mass is 16.5. The second kappa shape index (κ2) is 4.20. The summed E-state index contributed by atoms with van der Waals surface area (Å²) in [5, 5.41) is 9.19. The lowest BCUT2D eigenvalue weighted by Gasteiger charge is -2.29. The summed E-state index contributed by atoms with van der Waals surface area (Å²) in [4.78, 5) is 19.0. The van der Waals surface area contributed by atoms with E-state index in [1.165, 1.54) is 6.20 Å². The molecule has 3 aliphatic rings. The van der Waals surface area contributed by atoms with Gasteiger partial charge in [0, 0.05) is 29.8 Å². The molecule has 1 amide bonds. The minimum absolute atomic E-state index is 0.00797. The average Bonchev–Trinajstić information content (AvgIpc) is 3.25. The molecule has 0 aromatic carbocycles. The number of pyridine rings is 1. The standard InChI is InChI=1S/C16H17N3O2/c1-2-16(3-4-16)15(20)19-9-11-5-13(19)12-8-18-7-10(6-17)14(12)21-11/h7-8,11,13H,2-5,9H2,1H3/t11-,13-/m0/s1. The lowest BCUT2D eigenvalue weighted by molar-refractivity contribution is -0.138. The summed E-state index contributed by atoms with van der Waals surface area (Å²) in [5.74, 6) is 0.890. The Labute approximate surface area is 123 Å². The SMILES string of the molecule is CCC1(C(=O)N2C[C@@H]3C[C@H]2c2cncc(C#N)c2O3)CC1. The number of carbonyl (C=O) groups is 1. The third-order valence-corrected chi connectivity index (χ3v) is 5.20. The Bertz CT molecular complexity index is 660. The van der Waals surface area contributed by atoms with Crippen LogP contribution in [0.25, 0.3) is 0 Å². The minimum atomic E-state index is -0.127. The van der Waals surface area contributed by atoms with Gasteiger partial charge in [0.15, 0.2) is 0 Å². The monoisotopic (exact) mass is 283 g/mol. The first kappa shape index (κ1) is 12.6. The van der Waals surface area contributed by atoms with Gasteiger partial charge in [-0.2, -0.15) is 5.26 Å². The van der Waals surface area contributed by atoms with Crippen molar-refractivity contribution in [3.8, 4) is 11.8 Å². The lowest BCUT2D eigenvalue weighted by atomic mass is 9.97. The molecule has 5 heteroatoms. The summed E-state index contributed by atoms with van der Waals surface area (Å²) < 4.78 is 5.94. The smallest absolute Gasteiger partial charge is 0.229 e. The van der Waals surface area contributed by atoms with Crippen molar-refractivity contribution in [2.75, 3.05) is 6.54 Å². The van der Waals surface area contributed by atoms with Gasteiger partial charge in [-0.05, 0) is 19.3 Å². The summed E-state index contributed by atoms with van der Waals surface area (Å²) in [6, 6.07) is 2.15. The lowest BCUT2D eigenvalue weighted by Crippen LogP contribution is -2.37. The van der Waals surface area contributed by atoms with Gasteiger partial charge >= 0.3 is 0 Å². The van der Waals surface area contributed by atoms with Crippen LogP contribution < -0.4 is 4.74 Å². The third kappa shape index (κ3) is 1.68. The molecule has 1 aromatic rings. The summed E-state index contributed by atoms with van der Waals surface area (Å²) in [6.07, 6.45) is 7.01. The minimum Gasteiger partial charge on any atom is -0.487 e. The van der Waals surface area contributed by atoms with Crippen LogP contribution in [0, 0.1) is 16.7 Å².